The van der Waals surface area contributed by atoms with Crippen molar-refractivity contribution < 1.29 is 4.74 Å². The van der Waals surface area contributed by atoms with E-state index in [1.807, 2.05) is 24.3 Å². The van der Waals surface area contributed by atoms with Crippen molar-refractivity contribution in [3.8, 4) is 5.75 Å². The molecular formula is C25H28ClN5O. The first kappa shape index (κ1) is 21.0. The van der Waals surface area contributed by atoms with E-state index in [9.17, 15) is 0 Å². The van der Waals surface area contributed by atoms with Gasteiger partial charge in [-0.05, 0) is 68.8 Å². The Bertz CT molecular complexity index is 1210. The van der Waals surface area contributed by atoms with Gasteiger partial charge in [0.2, 0.25) is 0 Å². The standard InChI is InChI=1S/C25H28ClN5O/c1-17-4-3-11-31-24(18(2)27-25(17)31)16-30-12-9-19(15-30)23-14-21(28-29-23)10-13-32-22-7-5-20(26)6-8-22/h3-8,11,14,19H,9-10,12-13,15-16H2,1-2H3,(H,28,29)/t19-/m0/s1. The number of aryl methyl sites for hydroxylation is 2. The Morgan fingerprint density at radius 1 is 1.19 bits per heavy atom. The summed E-state index contributed by atoms with van der Waals surface area (Å²) in [5.74, 6) is 1.29. The quantitative estimate of drug-likeness (QED) is 0.434. The van der Waals surface area contributed by atoms with Crippen LogP contribution in [0.4, 0.5) is 0 Å². The second-order valence-corrected chi connectivity index (χ2v) is 9.06. The summed E-state index contributed by atoms with van der Waals surface area (Å²) in [6, 6.07) is 13.9. The zero-order valence-electron chi connectivity index (χ0n) is 18.5. The molecule has 0 spiro atoms. The number of H-pyrrole nitrogens is 1. The fourth-order valence-corrected chi connectivity index (χ4v) is 4.64. The number of aromatic amines is 1. The number of imidazole rings is 1. The second kappa shape index (κ2) is 8.96. The highest BCUT2D eigenvalue weighted by Gasteiger charge is 2.27. The smallest absolute Gasteiger partial charge is 0.140 e. The van der Waals surface area contributed by atoms with Gasteiger partial charge < -0.3 is 9.14 Å². The SMILES string of the molecule is Cc1nc2c(C)cccn2c1CN1CC[C@H](c2cc(CCOc3ccc(Cl)cc3)[nH]n2)C1. The van der Waals surface area contributed by atoms with Crippen molar-refractivity contribution in [1.29, 1.82) is 0 Å². The number of rotatable bonds is 7. The molecule has 7 heteroatoms. The predicted molar refractivity (Wildman–Crippen MR) is 127 cm³/mol. The van der Waals surface area contributed by atoms with E-state index in [2.05, 4.69) is 57.7 Å². The van der Waals surface area contributed by atoms with Crippen molar-refractivity contribution in [2.45, 2.75) is 39.2 Å². The molecule has 4 aromatic rings. The summed E-state index contributed by atoms with van der Waals surface area (Å²) in [4.78, 5) is 7.31. The first-order valence-electron chi connectivity index (χ1n) is 11.1. The lowest BCUT2D eigenvalue weighted by atomic mass is 10.0. The third-order valence-corrected chi connectivity index (χ3v) is 6.56. The molecule has 0 amide bonds. The predicted octanol–water partition coefficient (Wildman–Crippen LogP) is 4.94. The Balaban J connectivity index is 1.17. The number of benzene rings is 1. The number of aromatic nitrogens is 4. The number of nitrogens with zero attached hydrogens (tertiary/aromatic N) is 4. The van der Waals surface area contributed by atoms with Crippen molar-refractivity contribution in [2.24, 2.45) is 0 Å². The lowest BCUT2D eigenvalue weighted by Gasteiger charge is -2.16. The maximum atomic E-state index is 5.92. The summed E-state index contributed by atoms with van der Waals surface area (Å²) >= 11 is 5.92. The van der Waals surface area contributed by atoms with Gasteiger partial charge in [-0.15, -0.1) is 0 Å². The normalized spacial score (nSPS) is 16.8. The van der Waals surface area contributed by atoms with E-state index in [1.165, 1.54) is 11.3 Å². The molecule has 0 saturated carbocycles. The molecule has 0 unspecified atom stereocenters. The van der Waals surface area contributed by atoms with Crippen LogP contribution in [0.2, 0.25) is 5.02 Å². The Morgan fingerprint density at radius 3 is 2.88 bits per heavy atom. The van der Waals surface area contributed by atoms with Crippen molar-refractivity contribution in [3.05, 3.63) is 82.0 Å². The van der Waals surface area contributed by atoms with Crippen LogP contribution in [0.1, 0.15) is 40.7 Å². The number of hydrogen-bond donors (Lipinski definition) is 1. The van der Waals surface area contributed by atoms with Crippen LogP contribution in [0.3, 0.4) is 0 Å². The molecule has 1 saturated heterocycles. The molecule has 4 heterocycles. The van der Waals surface area contributed by atoms with Gasteiger partial charge in [-0.1, -0.05) is 17.7 Å². The van der Waals surface area contributed by atoms with Crippen LogP contribution in [-0.4, -0.2) is 44.2 Å². The van der Waals surface area contributed by atoms with Crippen LogP contribution in [0, 0.1) is 13.8 Å². The molecular weight excluding hydrogens is 422 g/mol. The highest BCUT2D eigenvalue weighted by Crippen LogP contribution is 2.28. The van der Waals surface area contributed by atoms with Gasteiger partial charge >= 0.3 is 0 Å². The summed E-state index contributed by atoms with van der Waals surface area (Å²) in [7, 11) is 0. The number of likely N-dealkylation sites (tertiary alicyclic amines) is 1. The van der Waals surface area contributed by atoms with Crippen molar-refractivity contribution >= 4 is 17.2 Å². The highest BCUT2D eigenvalue weighted by atomic mass is 35.5. The minimum atomic E-state index is 0.457. The third-order valence-electron chi connectivity index (χ3n) is 6.31. The third kappa shape index (κ3) is 4.38. The largest absolute Gasteiger partial charge is 0.493 e. The second-order valence-electron chi connectivity index (χ2n) is 8.62. The molecule has 0 aliphatic carbocycles. The molecule has 0 bridgehead atoms. The number of halogens is 1. The van der Waals surface area contributed by atoms with Crippen molar-refractivity contribution in [1.82, 2.24) is 24.5 Å². The topological polar surface area (TPSA) is 58.5 Å². The maximum Gasteiger partial charge on any atom is 0.140 e. The molecule has 1 fully saturated rings. The van der Waals surface area contributed by atoms with Gasteiger partial charge in [0.1, 0.15) is 11.4 Å². The zero-order valence-corrected chi connectivity index (χ0v) is 19.3. The molecule has 3 aromatic heterocycles. The molecule has 166 valence electrons. The summed E-state index contributed by atoms with van der Waals surface area (Å²) in [6.45, 7) is 7.84. The van der Waals surface area contributed by atoms with Gasteiger partial charge in [0.15, 0.2) is 0 Å². The zero-order chi connectivity index (χ0) is 22.1. The van der Waals surface area contributed by atoms with E-state index in [0.29, 0.717) is 17.5 Å². The molecule has 1 aromatic carbocycles. The fourth-order valence-electron chi connectivity index (χ4n) is 4.51. The molecule has 5 rings (SSSR count). The lowest BCUT2D eigenvalue weighted by Crippen LogP contribution is -2.21. The summed E-state index contributed by atoms with van der Waals surface area (Å²) in [6.07, 6.45) is 4.05. The molecule has 1 atom stereocenters. The van der Waals surface area contributed by atoms with E-state index < -0.39 is 0 Å². The Hall–Kier alpha value is -2.83. The minimum absolute atomic E-state index is 0.457. The van der Waals surface area contributed by atoms with Crippen molar-refractivity contribution in [3.63, 3.8) is 0 Å². The summed E-state index contributed by atoms with van der Waals surface area (Å²) < 4.78 is 8.05. The van der Waals surface area contributed by atoms with Crippen LogP contribution >= 0.6 is 11.6 Å². The van der Waals surface area contributed by atoms with E-state index in [4.69, 9.17) is 21.3 Å². The molecule has 1 aliphatic rings. The molecule has 1 aliphatic heterocycles. The number of ether oxygens (including phenoxy) is 1. The van der Waals surface area contributed by atoms with Crippen molar-refractivity contribution in [2.75, 3.05) is 19.7 Å². The minimum Gasteiger partial charge on any atom is -0.493 e. The summed E-state index contributed by atoms with van der Waals surface area (Å²) in [5, 5.41) is 8.51. The molecule has 32 heavy (non-hydrogen) atoms. The van der Waals surface area contributed by atoms with Gasteiger partial charge in [0.25, 0.3) is 0 Å². The average molecular weight is 450 g/mol. The van der Waals surface area contributed by atoms with Gasteiger partial charge in [-0.25, -0.2) is 4.98 Å². The van der Waals surface area contributed by atoms with Crippen LogP contribution < -0.4 is 4.74 Å². The van der Waals surface area contributed by atoms with Crippen LogP contribution in [0.5, 0.6) is 5.75 Å². The van der Waals surface area contributed by atoms with E-state index in [-0.39, 0.29) is 0 Å². The maximum absolute atomic E-state index is 5.92. The van der Waals surface area contributed by atoms with Crippen LogP contribution in [0.15, 0.2) is 48.7 Å². The summed E-state index contributed by atoms with van der Waals surface area (Å²) in [5.41, 5.74) is 6.94. The lowest BCUT2D eigenvalue weighted by molar-refractivity contribution is 0.320. The van der Waals surface area contributed by atoms with Gasteiger partial charge in [-0.3, -0.25) is 10.00 Å². The first-order valence-corrected chi connectivity index (χ1v) is 11.5. The first-order chi connectivity index (χ1) is 15.6. The molecule has 1 N–H and O–H groups in total. The fraction of sp³-hybridized carbons (Fsp3) is 0.360. The van der Waals surface area contributed by atoms with Crippen LogP contribution in [0.25, 0.3) is 5.65 Å². The Labute approximate surface area is 193 Å². The van der Waals surface area contributed by atoms with Gasteiger partial charge in [-0.2, -0.15) is 5.10 Å². The number of fused-ring (bicyclic) bond motifs is 1. The average Bonchev–Trinajstić information content (AvgIpc) is 3.51. The van der Waals surface area contributed by atoms with Crippen LogP contribution in [-0.2, 0) is 13.0 Å². The number of nitrogens with one attached hydrogen (secondary N) is 1. The van der Waals surface area contributed by atoms with E-state index in [0.717, 1.165) is 61.0 Å². The Morgan fingerprint density at radius 2 is 2.03 bits per heavy atom. The highest BCUT2D eigenvalue weighted by molar-refractivity contribution is 6.30. The van der Waals surface area contributed by atoms with Gasteiger partial charge in [0, 0.05) is 42.3 Å². The monoisotopic (exact) mass is 449 g/mol. The van der Waals surface area contributed by atoms with E-state index in [1.54, 1.807) is 0 Å². The van der Waals surface area contributed by atoms with E-state index >= 15 is 0 Å². The number of hydrogen-bond acceptors (Lipinski definition) is 4. The van der Waals surface area contributed by atoms with Gasteiger partial charge in [0.05, 0.1) is 23.7 Å². The molecule has 6 nitrogen and oxygen atoms in total. The molecule has 0 radical (unpaired) electrons. The Kier molecular flexibility index (Phi) is 5.89. The number of pyridine rings is 1.